The number of urea groups is 1. The number of carbonyl (C=O) groups is 1. The minimum Gasteiger partial charge on any atom is -0.396 e. The van der Waals surface area contributed by atoms with Gasteiger partial charge in [0, 0.05) is 19.8 Å². The third kappa shape index (κ3) is 3.16. The van der Waals surface area contributed by atoms with Gasteiger partial charge < -0.3 is 20.5 Å². The topological polar surface area (TPSA) is 75.8 Å². The maximum absolute atomic E-state index is 11.0. The lowest BCUT2D eigenvalue weighted by Crippen LogP contribution is -2.41. The van der Waals surface area contributed by atoms with E-state index in [1.165, 1.54) is 0 Å². The van der Waals surface area contributed by atoms with Crippen LogP contribution in [0, 0.1) is 0 Å². The smallest absolute Gasteiger partial charge is 0.315 e. The third-order valence-electron chi connectivity index (χ3n) is 2.42. The van der Waals surface area contributed by atoms with Crippen molar-refractivity contribution in [3.63, 3.8) is 0 Å². The molecule has 5 nitrogen and oxygen atoms in total. The summed E-state index contributed by atoms with van der Waals surface area (Å²) >= 11 is 0. The van der Waals surface area contributed by atoms with Crippen LogP contribution in [0.4, 0.5) is 4.79 Å². The number of carbonyl (C=O) groups excluding carboxylic acids is 1. The van der Waals surface area contributed by atoms with E-state index < -0.39 is 0 Å². The standard InChI is InChI=1S/C9H18N2O3/c10-9(13)11-4-1-3-8(11)7-14-6-2-5-12/h8,12H,1-7H2,(H2,10,13). The maximum Gasteiger partial charge on any atom is 0.315 e. The zero-order chi connectivity index (χ0) is 10.4. The van der Waals surface area contributed by atoms with Crippen LogP contribution in [-0.2, 0) is 4.74 Å². The molecule has 0 aromatic heterocycles. The first kappa shape index (κ1) is 11.3. The summed E-state index contributed by atoms with van der Waals surface area (Å²) in [5.41, 5.74) is 5.21. The molecule has 0 radical (unpaired) electrons. The lowest BCUT2D eigenvalue weighted by Gasteiger charge is -2.22. The SMILES string of the molecule is NC(=O)N1CCCC1COCCCO. The number of ether oxygens (including phenoxy) is 1. The summed E-state index contributed by atoms with van der Waals surface area (Å²) in [6.45, 7) is 1.95. The molecule has 1 aliphatic heterocycles. The van der Waals surface area contributed by atoms with Crippen molar-refractivity contribution in [1.29, 1.82) is 0 Å². The van der Waals surface area contributed by atoms with Crippen LogP contribution in [-0.4, -0.2) is 48.4 Å². The van der Waals surface area contributed by atoms with Gasteiger partial charge in [-0.3, -0.25) is 0 Å². The fourth-order valence-electron chi connectivity index (χ4n) is 1.69. The first-order chi connectivity index (χ1) is 6.75. The minimum atomic E-state index is -0.363. The van der Waals surface area contributed by atoms with Gasteiger partial charge in [-0.1, -0.05) is 0 Å². The highest BCUT2D eigenvalue weighted by Gasteiger charge is 2.26. The van der Waals surface area contributed by atoms with Gasteiger partial charge >= 0.3 is 6.03 Å². The van der Waals surface area contributed by atoms with Crippen LogP contribution in [0.25, 0.3) is 0 Å². The normalized spacial score (nSPS) is 21.5. The van der Waals surface area contributed by atoms with Crippen molar-refractivity contribution in [2.75, 3.05) is 26.4 Å². The average molecular weight is 202 g/mol. The molecule has 1 unspecified atom stereocenters. The predicted octanol–water partition coefficient (Wildman–Crippen LogP) is -0.0715. The number of primary amides is 1. The highest BCUT2D eigenvalue weighted by Crippen LogP contribution is 2.16. The zero-order valence-electron chi connectivity index (χ0n) is 8.32. The van der Waals surface area contributed by atoms with Gasteiger partial charge in [-0.05, 0) is 19.3 Å². The first-order valence-corrected chi connectivity index (χ1v) is 5.00. The number of nitrogens with zero attached hydrogens (tertiary/aromatic N) is 1. The van der Waals surface area contributed by atoms with Gasteiger partial charge in [-0.2, -0.15) is 0 Å². The minimum absolute atomic E-state index is 0.131. The quantitative estimate of drug-likeness (QED) is 0.613. The van der Waals surface area contributed by atoms with Crippen LogP contribution in [0.15, 0.2) is 0 Å². The van der Waals surface area contributed by atoms with Crippen LogP contribution in [0.1, 0.15) is 19.3 Å². The summed E-state index contributed by atoms with van der Waals surface area (Å²) in [5.74, 6) is 0. The van der Waals surface area contributed by atoms with Crippen molar-refractivity contribution in [3.05, 3.63) is 0 Å². The van der Waals surface area contributed by atoms with Gasteiger partial charge in [-0.15, -0.1) is 0 Å². The molecule has 0 aromatic carbocycles. The largest absolute Gasteiger partial charge is 0.396 e. The summed E-state index contributed by atoms with van der Waals surface area (Å²) in [6.07, 6.45) is 2.60. The van der Waals surface area contributed by atoms with E-state index >= 15 is 0 Å². The lowest BCUT2D eigenvalue weighted by atomic mass is 10.2. The fourth-order valence-corrected chi connectivity index (χ4v) is 1.69. The molecule has 0 bridgehead atoms. The second kappa shape index (κ2) is 5.82. The Morgan fingerprint density at radius 2 is 2.43 bits per heavy atom. The van der Waals surface area contributed by atoms with E-state index in [9.17, 15) is 4.79 Å². The Bertz CT molecular complexity index is 187. The molecule has 5 heteroatoms. The van der Waals surface area contributed by atoms with Crippen molar-refractivity contribution in [3.8, 4) is 0 Å². The van der Waals surface area contributed by atoms with E-state index in [-0.39, 0.29) is 18.7 Å². The Balaban J connectivity index is 2.19. The summed E-state index contributed by atoms with van der Waals surface area (Å²) in [6, 6.07) is -0.232. The molecule has 0 saturated carbocycles. The van der Waals surface area contributed by atoms with E-state index in [1.54, 1.807) is 4.90 Å². The molecular formula is C9H18N2O3. The number of aliphatic hydroxyl groups is 1. The molecular weight excluding hydrogens is 184 g/mol. The van der Waals surface area contributed by atoms with Gasteiger partial charge in [0.1, 0.15) is 0 Å². The number of amides is 2. The van der Waals surface area contributed by atoms with Gasteiger partial charge in [0.05, 0.1) is 12.6 Å². The molecule has 0 aliphatic carbocycles. The second-order valence-electron chi connectivity index (χ2n) is 3.48. The summed E-state index contributed by atoms with van der Waals surface area (Å²) in [7, 11) is 0. The molecule has 1 aliphatic rings. The summed E-state index contributed by atoms with van der Waals surface area (Å²) in [5, 5.41) is 8.53. The number of hydrogen-bond donors (Lipinski definition) is 2. The van der Waals surface area contributed by atoms with E-state index in [0.717, 1.165) is 19.4 Å². The van der Waals surface area contributed by atoms with Crippen molar-refractivity contribution in [1.82, 2.24) is 4.90 Å². The number of rotatable bonds is 5. The molecule has 1 rings (SSSR count). The Morgan fingerprint density at radius 1 is 1.64 bits per heavy atom. The van der Waals surface area contributed by atoms with E-state index in [0.29, 0.717) is 19.6 Å². The van der Waals surface area contributed by atoms with Gasteiger partial charge in [-0.25, -0.2) is 4.79 Å². The third-order valence-corrected chi connectivity index (χ3v) is 2.42. The predicted molar refractivity (Wildman–Crippen MR) is 51.8 cm³/mol. The van der Waals surface area contributed by atoms with Crippen LogP contribution < -0.4 is 5.73 Å². The maximum atomic E-state index is 11.0. The van der Waals surface area contributed by atoms with Gasteiger partial charge in [0.15, 0.2) is 0 Å². The van der Waals surface area contributed by atoms with E-state index in [4.69, 9.17) is 15.6 Å². The highest BCUT2D eigenvalue weighted by atomic mass is 16.5. The Morgan fingerprint density at radius 3 is 3.07 bits per heavy atom. The number of aliphatic hydroxyl groups excluding tert-OH is 1. The number of likely N-dealkylation sites (tertiary alicyclic amines) is 1. The number of hydrogen-bond acceptors (Lipinski definition) is 3. The molecule has 2 amide bonds. The Hall–Kier alpha value is -0.810. The fraction of sp³-hybridized carbons (Fsp3) is 0.889. The summed E-state index contributed by atoms with van der Waals surface area (Å²) in [4.78, 5) is 12.6. The van der Waals surface area contributed by atoms with Crippen molar-refractivity contribution in [2.24, 2.45) is 5.73 Å². The molecule has 1 saturated heterocycles. The van der Waals surface area contributed by atoms with Gasteiger partial charge in [0.2, 0.25) is 0 Å². The molecule has 0 spiro atoms. The van der Waals surface area contributed by atoms with E-state index in [1.807, 2.05) is 0 Å². The summed E-state index contributed by atoms with van der Waals surface area (Å²) < 4.78 is 5.33. The van der Waals surface area contributed by atoms with Crippen LogP contribution >= 0.6 is 0 Å². The van der Waals surface area contributed by atoms with Crippen LogP contribution in [0.3, 0.4) is 0 Å². The van der Waals surface area contributed by atoms with Crippen LogP contribution in [0.2, 0.25) is 0 Å². The Kier molecular flexibility index (Phi) is 4.69. The molecule has 1 heterocycles. The average Bonchev–Trinajstić information content (AvgIpc) is 2.60. The molecule has 1 atom stereocenters. The van der Waals surface area contributed by atoms with Crippen molar-refractivity contribution in [2.45, 2.75) is 25.3 Å². The number of nitrogens with two attached hydrogens (primary N) is 1. The van der Waals surface area contributed by atoms with Crippen molar-refractivity contribution >= 4 is 6.03 Å². The molecule has 1 fully saturated rings. The zero-order valence-corrected chi connectivity index (χ0v) is 8.32. The van der Waals surface area contributed by atoms with Crippen molar-refractivity contribution < 1.29 is 14.6 Å². The van der Waals surface area contributed by atoms with E-state index in [2.05, 4.69) is 0 Å². The second-order valence-corrected chi connectivity index (χ2v) is 3.48. The van der Waals surface area contributed by atoms with Crippen LogP contribution in [0.5, 0.6) is 0 Å². The highest BCUT2D eigenvalue weighted by molar-refractivity contribution is 5.72. The molecule has 82 valence electrons. The first-order valence-electron chi connectivity index (χ1n) is 5.00. The van der Waals surface area contributed by atoms with Gasteiger partial charge in [0.25, 0.3) is 0 Å². The lowest BCUT2D eigenvalue weighted by molar-refractivity contribution is 0.0773. The molecule has 3 N–H and O–H groups in total. The Labute approximate surface area is 83.8 Å². The molecule has 0 aromatic rings. The monoisotopic (exact) mass is 202 g/mol. The molecule has 14 heavy (non-hydrogen) atoms.